The molecule has 1 aliphatic carbocycles. The van der Waals surface area contributed by atoms with Crippen LogP contribution in [0.1, 0.15) is 37.8 Å². The van der Waals surface area contributed by atoms with Gasteiger partial charge < -0.3 is 4.84 Å². The van der Waals surface area contributed by atoms with Gasteiger partial charge in [-0.2, -0.15) is 0 Å². The van der Waals surface area contributed by atoms with Crippen molar-refractivity contribution in [2.75, 3.05) is 13.1 Å². The first kappa shape index (κ1) is 14.1. The van der Waals surface area contributed by atoms with Crippen molar-refractivity contribution < 1.29 is 9.63 Å². The Morgan fingerprint density at radius 2 is 1.95 bits per heavy atom. The normalized spacial score (nSPS) is 18.3. The summed E-state index contributed by atoms with van der Waals surface area (Å²) in [5.74, 6) is -0.227. The summed E-state index contributed by atoms with van der Waals surface area (Å²) in [6.07, 6.45) is 5.25. The highest BCUT2D eigenvalue weighted by molar-refractivity contribution is 5.81. The predicted octanol–water partition coefficient (Wildman–Crippen LogP) is 2.51. The van der Waals surface area contributed by atoms with Crippen molar-refractivity contribution in [1.82, 2.24) is 10.4 Å². The van der Waals surface area contributed by atoms with Crippen LogP contribution in [0.4, 0.5) is 0 Å². The maximum absolute atomic E-state index is 12.4. The highest BCUT2D eigenvalue weighted by Crippen LogP contribution is 2.26. The Bertz CT molecular complexity index is 572. The molecule has 1 N–H and O–H groups in total. The van der Waals surface area contributed by atoms with E-state index in [0.29, 0.717) is 0 Å². The van der Waals surface area contributed by atoms with Crippen LogP contribution < -0.4 is 5.48 Å². The lowest BCUT2D eigenvalue weighted by molar-refractivity contribution is -0.160. The van der Waals surface area contributed by atoms with Crippen molar-refractivity contribution in [3.8, 4) is 0 Å². The van der Waals surface area contributed by atoms with E-state index in [1.54, 1.807) is 0 Å². The van der Waals surface area contributed by atoms with Gasteiger partial charge in [-0.15, -0.1) is 0 Å². The third-order valence-electron chi connectivity index (χ3n) is 4.48. The van der Waals surface area contributed by atoms with E-state index in [1.807, 2.05) is 32.0 Å². The van der Waals surface area contributed by atoms with Crippen LogP contribution in [0.3, 0.4) is 0 Å². The molecule has 1 aromatic carbocycles. The Labute approximate surface area is 125 Å². The fourth-order valence-electron chi connectivity index (χ4n) is 3.01. The number of hydrogen-bond acceptors (Lipinski definition) is 4. The van der Waals surface area contributed by atoms with Crippen molar-refractivity contribution in [3.05, 3.63) is 41.5 Å². The minimum absolute atomic E-state index is 0.227. The third kappa shape index (κ3) is 2.68. The van der Waals surface area contributed by atoms with Gasteiger partial charge in [0.1, 0.15) is 5.54 Å². The summed E-state index contributed by atoms with van der Waals surface area (Å²) in [5, 5.41) is 0. The zero-order valence-electron chi connectivity index (χ0n) is 12.7. The van der Waals surface area contributed by atoms with Crippen molar-refractivity contribution in [2.45, 2.75) is 38.6 Å². The summed E-state index contributed by atoms with van der Waals surface area (Å²) in [6.45, 7) is 5.79. The summed E-state index contributed by atoms with van der Waals surface area (Å²) in [4.78, 5) is 19.9. The molecular formula is C17H22N2O2. The molecule has 2 aliphatic rings. The van der Waals surface area contributed by atoms with E-state index in [2.05, 4.69) is 22.5 Å². The first-order valence-electron chi connectivity index (χ1n) is 7.60. The Hall–Kier alpha value is -1.81. The number of nitrogens with one attached hydrogen (secondary N) is 1. The van der Waals surface area contributed by atoms with Crippen LogP contribution in [-0.2, 0) is 16.1 Å². The summed E-state index contributed by atoms with van der Waals surface area (Å²) < 4.78 is 0. The van der Waals surface area contributed by atoms with Gasteiger partial charge in [-0.3, -0.25) is 4.90 Å². The van der Waals surface area contributed by atoms with Gasteiger partial charge in [0.15, 0.2) is 0 Å². The van der Waals surface area contributed by atoms with E-state index >= 15 is 0 Å². The molecule has 3 rings (SSSR count). The van der Waals surface area contributed by atoms with Crippen molar-refractivity contribution in [1.29, 1.82) is 0 Å². The lowest BCUT2D eigenvalue weighted by Gasteiger charge is -2.32. The van der Waals surface area contributed by atoms with E-state index in [-0.39, 0.29) is 5.97 Å². The Morgan fingerprint density at radius 3 is 2.71 bits per heavy atom. The van der Waals surface area contributed by atoms with E-state index in [4.69, 9.17) is 4.84 Å². The number of carbonyl (C=O) groups excluding carboxylic acids is 1. The van der Waals surface area contributed by atoms with Gasteiger partial charge in [-0.25, -0.2) is 10.3 Å². The van der Waals surface area contributed by atoms with Gasteiger partial charge in [0.25, 0.3) is 0 Å². The molecule has 21 heavy (non-hydrogen) atoms. The smallest absolute Gasteiger partial charge is 0.341 e. The molecule has 1 aliphatic heterocycles. The number of allylic oxidation sites excluding steroid dienone is 1. The SMILES string of the molecule is CC(C)(C(=O)ONC1=CCc2ccccc21)N1CCCC1. The topological polar surface area (TPSA) is 41.6 Å². The number of fused-ring (bicyclic) bond motifs is 1. The van der Waals surface area contributed by atoms with Crippen LogP contribution in [0.25, 0.3) is 5.70 Å². The lowest BCUT2D eigenvalue weighted by Crippen LogP contribution is -2.50. The van der Waals surface area contributed by atoms with Crippen molar-refractivity contribution in [2.24, 2.45) is 0 Å². The summed E-state index contributed by atoms with van der Waals surface area (Å²) in [7, 11) is 0. The molecule has 1 saturated heterocycles. The Kier molecular flexibility index (Phi) is 3.72. The monoisotopic (exact) mass is 286 g/mol. The number of carbonyl (C=O) groups is 1. The average molecular weight is 286 g/mol. The number of nitrogens with zero attached hydrogens (tertiary/aromatic N) is 1. The Balaban J connectivity index is 1.62. The van der Waals surface area contributed by atoms with Gasteiger partial charge in [0.05, 0.1) is 5.70 Å². The van der Waals surface area contributed by atoms with Gasteiger partial charge in [-0.05, 0) is 51.8 Å². The first-order valence-corrected chi connectivity index (χ1v) is 7.60. The second-order valence-corrected chi connectivity index (χ2v) is 6.22. The maximum atomic E-state index is 12.4. The molecule has 0 spiro atoms. The number of benzene rings is 1. The fraction of sp³-hybridized carbons (Fsp3) is 0.471. The van der Waals surface area contributed by atoms with Crippen molar-refractivity contribution in [3.63, 3.8) is 0 Å². The molecule has 0 saturated carbocycles. The average Bonchev–Trinajstić information content (AvgIpc) is 3.14. The zero-order chi connectivity index (χ0) is 14.9. The highest BCUT2D eigenvalue weighted by atomic mass is 16.7. The second kappa shape index (κ2) is 5.53. The van der Waals surface area contributed by atoms with Gasteiger partial charge in [0, 0.05) is 5.56 Å². The van der Waals surface area contributed by atoms with E-state index in [0.717, 1.165) is 43.6 Å². The zero-order valence-corrected chi connectivity index (χ0v) is 12.7. The predicted molar refractivity (Wildman–Crippen MR) is 82.2 cm³/mol. The van der Waals surface area contributed by atoms with Crippen LogP contribution >= 0.6 is 0 Å². The fourth-order valence-corrected chi connectivity index (χ4v) is 3.01. The van der Waals surface area contributed by atoms with E-state index < -0.39 is 5.54 Å². The molecule has 0 bridgehead atoms. The van der Waals surface area contributed by atoms with Crippen LogP contribution in [0.5, 0.6) is 0 Å². The summed E-state index contributed by atoms with van der Waals surface area (Å²) >= 11 is 0. The number of likely N-dealkylation sites (tertiary alicyclic amines) is 1. The molecule has 1 aromatic rings. The summed E-state index contributed by atoms with van der Waals surface area (Å²) in [5.41, 5.74) is 5.53. The molecule has 112 valence electrons. The van der Waals surface area contributed by atoms with Crippen molar-refractivity contribution >= 4 is 11.7 Å². The summed E-state index contributed by atoms with van der Waals surface area (Å²) in [6, 6.07) is 8.16. The third-order valence-corrected chi connectivity index (χ3v) is 4.48. The molecule has 0 amide bonds. The van der Waals surface area contributed by atoms with Gasteiger partial charge >= 0.3 is 5.97 Å². The highest BCUT2D eigenvalue weighted by Gasteiger charge is 2.38. The first-order chi connectivity index (χ1) is 10.1. The minimum atomic E-state index is -0.581. The van der Waals surface area contributed by atoms with Crippen LogP contribution in [-0.4, -0.2) is 29.5 Å². The molecule has 1 heterocycles. The van der Waals surface area contributed by atoms with Crippen LogP contribution in [0.15, 0.2) is 30.3 Å². The molecule has 4 nitrogen and oxygen atoms in total. The largest absolute Gasteiger partial charge is 0.351 e. The van der Waals surface area contributed by atoms with Gasteiger partial charge in [0.2, 0.25) is 0 Å². The standard InChI is InChI=1S/C17H22N2O2/c1-17(2,19-11-5-6-12-19)16(20)21-18-15-10-9-13-7-3-4-8-14(13)15/h3-4,7-8,10,18H,5-6,9,11-12H2,1-2H3. The second-order valence-electron chi connectivity index (χ2n) is 6.22. The Morgan fingerprint density at radius 1 is 1.24 bits per heavy atom. The number of hydrogen-bond donors (Lipinski definition) is 1. The van der Waals surface area contributed by atoms with Crippen LogP contribution in [0.2, 0.25) is 0 Å². The molecule has 0 aromatic heterocycles. The molecular weight excluding hydrogens is 264 g/mol. The molecule has 4 heteroatoms. The molecule has 0 radical (unpaired) electrons. The molecule has 0 unspecified atom stereocenters. The minimum Gasteiger partial charge on any atom is -0.341 e. The lowest BCUT2D eigenvalue weighted by atomic mass is 10.0. The quantitative estimate of drug-likeness (QED) is 0.864. The maximum Gasteiger partial charge on any atom is 0.351 e. The molecule has 0 atom stereocenters. The van der Waals surface area contributed by atoms with E-state index in [9.17, 15) is 4.79 Å². The van der Waals surface area contributed by atoms with E-state index in [1.165, 1.54) is 5.56 Å². The van der Waals surface area contributed by atoms with Crippen LogP contribution in [0, 0.1) is 0 Å². The van der Waals surface area contributed by atoms with Gasteiger partial charge in [-0.1, -0.05) is 30.3 Å². The number of hydroxylamine groups is 1. The molecule has 1 fully saturated rings. The number of rotatable bonds is 4.